The molecule has 1 aromatic heterocycles. The Balaban J connectivity index is 2.19. The Bertz CT molecular complexity index is 591. The van der Waals surface area contributed by atoms with Gasteiger partial charge in [0.1, 0.15) is 11.4 Å². The predicted molar refractivity (Wildman–Crippen MR) is 79.0 cm³/mol. The number of hydrogen-bond donors (Lipinski definition) is 1. The molecular weight excluding hydrogens is 270 g/mol. The molecule has 0 spiro atoms. The highest BCUT2D eigenvalue weighted by molar-refractivity contribution is 5.98. The minimum Gasteiger partial charge on any atom is -0.444 e. The molecule has 6 heteroatoms. The summed E-state index contributed by atoms with van der Waals surface area (Å²) in [6, 6.07) is 1.78. The van der Waals surface area contributed by atoms with Gasteiger partial charge in [-0.3, -0.25) is 4.79 Å². The van der Waals surface area contributed by atoms with Gasteiger partial charge in [0.15, 0.2) is 5.78 Å². The molecule has 2 N–H and O–H groups in total. The largest absolute Gasteiger partial charge is 0.444 e. The van der Waals surface area contributed by atoms with E-state index in [0.29, 0.717) is 25.1 Å². The van der Waals surface area contributed by atoms with E-state index in [1.165, 1.54) is 6.92 Å². The highest BCUT2D eigenvalue weighted by Gasteiger charge is 2.27. The number of anilines is 1. The Morgan fingerprint density at radius 2 is 2.05 bits per heavy atom. The van der Waals surface area contributed by atoms with E-state index in [1.54, 1.807) is 11.0 Å². The zero-order valence-corrected chi connectivity index (χ0v) is 12.9. The summed E-state index contributed by atoms with van der Waals surface area (Å²) in [7, 11) is 0. The number of amides is 1. The van der Waals surface area contributed by atoms with Crippen LogP contribution in [-0.4, -0.2) is 33.9 Å². The van der Waals surface area contributed by atoms with Gasteiger partial charge in [-0.2, -0.15) is 0 Å². The molecule has 1 aromatic rings. The Morgan fingerprint density at radius 3 is 2.62 bits per heavy atom. The zero-order valence-electron chi connectivity index (χ0n) is 12.9. The predicted octanol–water partition coefficient (Wildman–Crippen LogP) is 2.16. The Morgan fingerprint density at radius 1 is 1.38 bits per heavy atom. The number of carbonyl (C=O) groups is 2. The molecule has 2 rings (SSSR count). The smallest absolute Gasteiger partial charge is 0.410 e. The van der Waals surface area contributed by atoms with Crippen LogP contribution in [0, 0.1) is 0 Å². The van der Waals surface area contributed by atoms with Crippen molar-refractivity contribution in [3.8, 4) is 0 Å². The van der Waals surface area contributed by atoms with Crippen LogP contribution in [-0.2, 0) is 17.7 Å². The maximum absolute atomic E-state index is 12.1. The van der Waals surface area contributed by atoms with E-state index in [-0.39, 0.29) is 17.7 Å². The van der Waals surface area contributed by atoms with Gasteiger partial charge < -0.3 is 15.4 Å². The minimum atomic E-state index is -0.525. The number of aromatic nitrogens is 1. The molecule has 0 atom stereocenters. The Kier molecular flexibility index (Phi) is 3.89. The number of ketones is 1. The third-order valence-electron chi connectivity index (χ3n) is 3.24. The van der Waals surface area contributed by atoms with E-state index in [9.17, 15) is 9.59 Å². The van der Waals surface area contributed by atoms with Crippen molar-refractivity contribution in [2.75, 3.05) is 12.3 Å². The summed E-state index contributed by atoms with van der Waals surface area (Å²) >= 11 is 0. The second-order valence-electron chi connectivity index (χ2n) is 6.24. The van der Waals surface area contributed by atoms with Gasteiger partial charge in [-0.1, -0.05) is 0 Å². The number of hydrogen-bond acceptors (Lipinski definition) is 5. The summed E-state index contributed by atoms with van der Waals surface area (Å²) in [5.41, 5.74) is 7.42. The van der Waals surface area contributed by atoms with Crippen LogP contribution in [0.25, 0.3) is 0 Å². The monoisotopic (exact) mass is 291 g/mol. The van der Waals surface area contributed by atoms with Crippen LogP contribution in [0.15, 0.2) is 6.07 Å². The van der Waals surface area contributed by atoms with Crippen molar-refractivity contribution in [1.82, 2.24) is 9.88 Å². The van der Waals surface area contributed by atoms with E-state index in [4.69, 9.17) is 10.5 Å². The molecule has 21 heavy (non-hydrogen) atoms. The first-order valence-electron chi connectivity index (χ1n) is 6.94. The topological polar surface area (TPSA) is 85.5 Å². The summed E-state index contributed by atoms with van der Waals surface area (Å²) in [4.78, 5) is 29.4. The van der Waals surface area contributed by atoms with Gasteiger partial charge in [0.05, 0.1) is 17.8 Å². The quantitative estimate of drug-likeness (QED) is 0.801. The Labute approximate surface area is 124 Å². The molecule has 0 radical (unpaired) electrons. The number of fused-ring (bicyclic) bond motifs is 1. The third kappa shape index (κ3) is 3.51. The number of nitrogens with two attached hydrogens (primary N) is 1. The average Bonchev–Trinajstić information content (AvgIpc) is 2.34. The first-order chi connectivity index (χ1) is 9.67. The first-order valence-corrected chi connectivity index (χ1v) is 6.94. The second kappa shape index (κ2) is 5.35. The molecule has 2 heterocycles. The standard InChI is InChI=1S/C15H21N3O3/c1-9(19)11-7-10-5-6-18(8-12(10)17-13(11)16)14(20)21-15(2,3)4/h7H,5-6,8H2,1-4H3,(H2,16,17). The summed E-state index contributed by atoms with van der Waals surface area (Å²) < 4.78 is 5.36. The van der Waals surface area contributed by atoms with Crippen LogP contribution >= 0.6 is 0 Å². The van der Waals surface area contributed by atoms with E-state index >= 15 is 0 Å². The van der Waals surface area contributed by atoms with Gasteiger partial charge in [-0.05, 0) is 45.7 Å². The van der Waals surface area contributed by atoms with Crippen molar-refractivity contribution in [3.05, 3.63) is 22.9 Å². The molecule has 0 unspecified atom stereocenters. The van der Waals surface area contributed by atoms with Crippen molar-refractivity contribution in [2.24, 2.45) is 0 Å². The van der Waals surface area contributed by atoms with E-state index in [1.807, 2.05) is 20.8 Å². The summed E-state index contributed by atoms with van der Waals surface area (Å²) in [6.07, 6.45) is 0.284. The van der Waals surface area contributed by atoms with Crippen LogP contribution < -0.4 is 5.73 Å². The summed E-state index contributed by atoms with van der Waals surface area (Å²) in [6.45, 7) is 7.86. The minimum absolute atomic E-state index is 0.0997. The van der Waals surface area contributed by atoms with Crippen molar-refractivity contribution in [2.45, 2.75) is 46.3 Å². The molecule has 0 aromatic carbocycles. The normalized spacial score (nSPS) is 14.6. The van der Waals surface area contributed by atoms with Gasteiger partial charge in [0, 0.05) is 6.54 Å². The van der Waals surface area contributed by atoms with Crippen LogP contribution in [0.4, 0.5) is 10.6 Å². The molecule has 0 aliphatic carbocycles. The first kappa shape index (κ1) is 15.3. The van der Waals surface area contributed by atoms with Crippen LogP contribution in [0.1, 0.15) is 49.3 Å². The zero-order chi connectivity index (χ0) is 15.8. The summed E-state index contributed by atoms with van der Waals surface area (Å²) in [5, 5.41) is 0. The highest BCUT2D eigenvalue weighted by atomic mass is 16.6. The molecule has 114 valence electrons. The van der Waals surface area contributed by atoms with Crippen LogP contribution in [0.3, 0.4) is 0 Å². The van der Waals surface area contributed by atoms with E-state index in [2.05, 4.69) is 4.98 Å². The van der Waals surface area contributed by atoms with Gasteiger partial charge in [-0.25, -0.2) is 9.78 Å². The number of Topliss-reactive ketones (excluding diaryl/α,β-unsaturated/α-hetero) is 1. The molecule has 0 bridgehead atoms. The lowest BCUT2D eigenvalue weighted by molar-refractivity contribution is 0.0220. The molecule has 1 amide bonds. The number of nitrogen functional groups attached to an aromatic ring is 1. The van der Waals surface area contributed by atoms with Gasteiger partial charge >= 0.3 is 6.09 Å². The fourth-order valence-corrected chi connectivity index (χ4v) is 2.24. The molecule has 0 saturated carbocycles. The number of rotatable bonds is 1. The molecule has 1 aliphatic rings. The fourth-order valence-electron chi connectivity index (χ4n) is 2.24. The fraction of sp³-hybridized carbons (Fsp3) is 0.533. The van der Waals surface area contributed by atoms with Gasteiger partial charge in [-0.15, -0.1) is 0 Å². The third-order valence-corrected chi connectivity index (χ3v) is 3.24. The number of pyridine rings is 1. The highest BCUT2D eigenvalue weighted by Crippen LogP contribution is 2.23. The second-order valence-corrected chi connectivity index (χ2v) is 6.24. The van der Waals surface area contributed by atoms with E-state index in [0.717, 1.165) is 11.3 Å². The molecule has 0 saturated heterocycles. The van der Waals surface area contributed by atoms with E-state index < -0.39 is 5.60 Å². The maximum Gasteiger partial charge on any atom is 0.410 e. The average molecular weight is 291 g/mol. The van der Waals surface area contributed by atoms with Crippen molar-refractivity contribution in [3.63, 3.8) is 0 Å². The van der Waals surface area contributed by atoms with Crippen molar-refractivity contribution in [1.29, 1.82) is 0 Å². The number of ether oxygens (including phenoxy) is 1. The molecule has 6 nitrogen and oxygen atoms in total. The molecule has 1 aliphatic heterocycles. The molecular formula is C15H21N3O3. The van der Waals surface area contributed by atoms with Crippen LogP contribution in [0.5, 0.6) is 0 Å². The lowest BCUT2D eigenvalue weighted by Crippen LogP contribution is -2.40. The van der Waals surface area contributed by atoms with Crippen molar-refractivity contribution >= 4 is 17.7 Å². The van der Waals surface area contributed by atoms with Crippen LogP contribution in [0.2, 0.25) is 0 Å². The number of carbonyl (C=O) groups excluding carboxylic acids is 2. The van der Waals surface area contributed by atoms with Gasteiger partial charge in [0.2, 0.25) is 0 Å². The van der Waals surface area contributed by atoms with Crippen molar-refractivity contribution < 1.29 is 14.3 Å². The lowest BCUT2D eigenvalue weighted by Gasteiger charge is -2.31. The SMILES string of the molecule is CC(=O)c1cc2c(nc1N)CN(C(=O)OC(C)(C)C)CC2. The molecule has 0 fully saturated rings. The maximum atomic E-state index is 12.1. The number of nitrogens with zero attached hydrogens (tertiary/aromatic N) is 2. The lowest BCUT2D eigenvalue weighted by atomic mass is 10.0. The Hall–Kier alpha value is -2.11. The van der Waals surface area contributed by atoms with Gasteiger partial charge in [0.25, 0.3) is 0 Å². The summed E-state index contributed by atoms with van der Waals surface area (Å²) in [5.74, 6) is 0.115.